The molecule has 0 aliphatic carbocycles. The maximum absolute atomic E-state index is 5.60. The van der Waals surface area contributed by atoms with E-state index in [9.17, 15) is 0 Å². The van der Waals surface area contributed by atoms with Crippen LogP contribution in [0, 0.1) is 0 Å². The first-order valence-corrected chi connectivity index (χ1v) is 5.56. The first-order valence-electron chi connectivity index (χ1n) is 5.56. The lowest BCUT2D eigenvalue weighted by molar-refractivity contribution is 0.727. The van der Waals surface area contributed by atoms with Gasteiger partial charge in [-0.05, 0) is 36.8 Å². The maximum atomic E-state index is 5.60. The molecular formula is C14H20N2. The smallest absolute Gasteiger partial charge is 0.0314 e. The third kappa shape index (κ3) is 4.22. The Kier molecular flexibility index (Phi) is 4.65. The lowest BCUT2D eigenvalue weighted by Gasteiger charge is -2.04. The van der Waals surface area contributed by atoms with Crippen LogP contribution < -0.4 is 11.5 Å². The highest BCUT2D eigenvalue weighted by atomic mass is 14.6. The van der Waals surface area contributed by atoms with Crippen LogP contribution in [-0.4, -0.2) is 0 Å². The molecule has 0 aromatic heterocycles. The molecule has 0 heterocycles. The summed E-state index contributed by atoms with van der Waals surface area (Å²) < 4.78 is 0. The van der Waals surface area contributed by atoms with Crippen molar-refractivity contribution in [3.05, 3.63) is 54.2 Å². The molecule has 0 amide bonds. The molecule has 0 bridgehead atoms. The number of unbranched alkanes of at least 4 members (excludes halogenated alkanes) is 1. The molecule has 1 aromatic rings. The van der Waals surface area contributed by atoms with E-state index in [-0.39, 0.29) is 0 Å². The second-order valence-corrected chi connectivity index (χ2v) is 4.09. The number of aryl methyl sites for hydroxylation is 1. The average Bonchev–Trinajstić information content (AvgIpc) is 2.25. The van der Waals surface area contributed by atoms with Crippen molar-refractivity contribution in [2.24, 2.45) is 11.5 Å². The van der Waals surface area contributed by atoms with Crippen molar-refractivity contribution in [3.8, 4) is 0 Å². The van der Waals surface area contributed by atoms with E-state index >= 15 is 0 Å². The third-order valence-corrected chi connectivity index (χ3v) is 2.54. The highest BCUT2D eigenvalue weighted by Crippen LogP contribution is 2.12. The topological polar surface area (TPSA) is 52.0 Å². The van der Waals surface area contributed by atoms with Crippen molar-refractivity contribution in [3.63, 3.8) is 0 Å². The fourth-order valence-electron chi connectivity index (χ4n) is 1.57. The Hall–Kier alpha value is -1.70. The van der Waals surface area contributed by atoms with Crippen molar-refractivity contribution < 1.29 is 0 Å². The number of hydrogen-bond donors (Lipinski definition) is 2. The van der Waals surface area contributed by atoms with Crippen LogP contribution in [0.5, 0.6) is 0 Å². The van der Waals surface area contributed by atoms with Crippen molar-refractivity contribution in [2.75, 3.05) is 0 Å². The highest BCUT2D eigenvalue weighted by Gasteiger charge is 1.96. The first-order chi connectivity index (χ1) is 7.59. The molecule has 2 heteroatoms. The van der Waals surface area contributed by atoms with E-state index in [1.165, 1.54) is 5.56 Å². The van der Waals surface area contributed by atoms with Crippen LogP contribution in [-0.2, 0) is 6.42 Å². The fourth-order valence-corrected chi connectivity index (χ4v) is 1.57. The fraction of sp³-hybridized carbons (Fsp3) is 0.286. The monoisotopic (exact) mass is 216 g/mol. The molecule has 0 radical (unpaired) electrons. The predicted octanol–water partition coefficient (Wildman–Crippen LogP) is 2.80. The van der Waals surface area contributed by atoms with Crippen LogP contribution in [0.1, 0.15) is 30.4 Å². The predicted molar refractivity (Wildman–Crippen MR) is 70.5 cm³/mol. The zero-order valence-corrected chi connectivity index (χ0v) is 9.71. The summed E-state index contributed by atoms with van der Waals surface area (Å²) in [5, 5.41) is 0. The molecule has 4 N–H and O–H groups in total. The number of benzene rings is 1. The summed E-state index contributed by atoms with van der Waals surface area (Å²) in [5.41, 5.74) is 14.8. The Labute approximate surface area is 97.7 Å². The summed E-state index contributed by atoms with van der Waals surface area (Å²) in [7, 11) is 0. The first kappa shape index (κ1) is 12.4. The standard InChI is InChI=1S/C14H20N2/c1-11(15)5-3-4-6-13-7-9-14(10-8-13)12(2)16/h7-10H,1-6,15-16H2. The van der Waals surface area contributed by atoms with Gasteiger partial charge < -0.3 is 11.5 Å². The number of allylic oxidation sites excluding steroid dienone is 1. The Morgan fingerprint density at radius 2 is 1.62 bits per heavy atom. The molecule has 0 aliphatic rings. The second-order valence-electron chi connectivity index (χ2n) is 4.09. The largest absolute Gasteiger partial charge is 0.403 e. The van der Waals surface area contributed by atoms with Crippen LogP contribution in [0.2, 0.25) is 0 Å². The van der Waals surface area contributed by atoms with Gasteiger partial charge in [0, 0.05) is 11.4 Å². The molecule has 0 fully saturated rings. The molecule has 0 saturated heterocycles. The highest BCUT2D eigenvalue weighted by molar-refractivity contribution is 5.60. The van der Waals surface area contributed by atoms with Gasteiger partial charge in [0.15, 0.2) is 0 Å². The van der Waals surface area contributed by atoms with Crippen molar-refractivity contribution >= 4 is 5.70 Å². The van der Waals surface area contributed by atoms with Gasteiger partial charge in [-0.3, -0.25) is 0 Å². The Bertz CT molecular complexity index is 363. The van der Waals surface area contributed by atoms with E-state index in [0.717, 1.165) is 36.9 Å². The third-order valence-electron chi connectivity index (χ3n) is 2.54. The normalized spacial score (nSPS) is 10.0. The molecule has 0 aliphatic heterocycles. The van der Waals surface area contributed by atoms with Crippen molar-refractivity contribution in [1.82, 2.24) is 0 Å². The SMILES string of the molecule is C=C(N)CCCCc1ccc(C(=C)N)cc1. The van der Waals surface area contributed by atoms with E-state index < -0.39 is 0 Å². The van der Waals surface area contributed by atoms with Gasteiger partial charge in [0.2, 0.25) is 0 Å². The summed E-state index contributed by atoms with van der Waals surface area (Å²) in [6, 6.07) is 8.23. The number of hydrogen-bond acceptors (Lipinski definition) is 2. The minimum absolute atomic E-state index is 0.617. The molecule has 0 saturated carbocycles. The summed E-state index contributed by atoms with van der Waals surface area (Å²) >= 11 is 0. The van der Waals surface area contributed by atoms with Crippen LogP contribution in [0.25, 0.3) is 5.70 Å². The number of nitrogens with two attached hydrogens (primary N) is 2. The summed E-state index contributed by atoms with van der Waals surface area (Å²) in [6.07, 6.45) is 4.22. The van der Waals surface area contributed by atoms with E-state index in [1.807, 2.05) is 12.1 Å². The van der Waals surface area contributed by atoms with Crippen molar-refractivity contribution in [2.45, 2.75) is 25.7 Å². The van der Waals surface area contributed by atoms with E-state index in [0.29, 0.717) is 5.70 Å². The Morgan fingerprint density at radius 1 is 1.00 bits per heavy atom. The van der Waals surface area contributed by atoms with Crippen LogP contribution in [0.3, 0.4) is 0 Å². The summed E-state index contributed by atoms with van der Waals surface area (Å²) in [5.74, 6) is 0. The van der Waals surface area contributed by atoms with Crippen LogP contribution in [0.15, 0.2) is 43.1 Å². The Morgan fingerprint density at radius 3 is 2.12 bits per heavy atom. The lowest BCUT2D eigenvalue weighted by atomic mass is 10.0. The molecule has 86 valence electrons. The lowest BCUT2D eigenvalue weighted by Crippen LogP contribution is -1.96. The van der Waals surface area contributed by atoms with Crippen LogP contribution >= 0.6 is 0 Å². The molecule has 16 heavy (non-hydrogen) atoms. The van der Waals surface area contributed by atoms with Gasteiger partial charge in [0.05, 0.1) is 0 Å². The quantitative estimate of drug-likeness (QED) is 0.718. The molecular weight excluding hydrogens is 196 g/mol. The molecule has 1 aromatic carbocycles. The number of rotatable bonds is 6. The second kappa shape index (κ2) is 6.01. The minimum atomic E-state index is 0.617. The van der Waals surface area contributed by atoms with Gasteiger partial charge in [-0.25, -0.2) is 0 Å². The molecule has 0 spiro atoms. The molecule has 1 rings (SSSR count). The summed E-state index contributed by atoms with van der Waals surface area (Å²) in [4.78, 5) is 0. The average molecular weight is 216 g/mol. The van der Waals surface area contributed by atoms with Gasteiger partial charge in [0.25, 0.3) is 0 Å². The van der Waals surface area contributed by atoms with Crippen molar-refractivity contribution in [1.29, 1.82) is 0 Å². The van der Waals surface area contributed by atoms with Gasteiger partial charge in [0.1, 0.15) is 0 Å². The zero-order chi connectivity index (χ0) is 12.0. The summed E-state index contributed by atoms with van der Waals surface area (Å²) in [6.45, 7) is 7.39. The van der Waals surface area contributed by atoms with Gasteiger partial charge in [-0.15, -0.1) is 0 Å². The minimum Gasteiger partial charge on any atom is -0.403 e. The van der Waals surface area contributed by atoms with Gasteiger partial charge >= 0.3 is 0 Å². The van der Waals surface area contributed by atoms with E-state index in [2.05, 4.69) is 25.3 Å². The Balaban J connectivity index is 2.38. The molecule has 2 nitrogen and oxygen atoms in total. The van der Waals surface area contributed by atoms with Gasteiger partial charge in [-0.2, -0.15) is 0 Å². The van der Waals surface area contributed by atoms with E-state index in [1.54, 1.807) is 0 Å². The van der Waals surface area contributed by atoms with Crippen LogP contribution in [0.4, 0.5) is 0 Å². The maximum Gasteiger partial charge on any atom is 0.0314 e. The molecule has 0 unspecified atom stereocenters. The molecule has 0 atom stereocenters. The zero-order valence-electron chi connectivity index (χ0n) is 9.71. The van der Waals surface area contributed by atoms with E-state index in [4.69, 9.17) is 11.5 Å². The van der Waals surface area contributed by atoms with Gasteiger partial charge in [-0.1, -0.05) is 37.4 Å².